The molecule has 21 heavy (non-hydrogen) atoms. The van der Waals surface area contributed by atoms with Gasteiger partial charge in [-0.15, -0.1) is 0 Å². The van der Waals surface area contributed by atoms with Crippen LogP contribution in [0.2, 0.25) is 0 Å². The fourth-order valence-corrected chi connectivity index (χ4v) is 3.34. The highest BCUT2D eigenvalue weighted by Crippen LogP contribution is 2.34. The fraction of sp³-hybridized carbons (Fsp3) is 1.00. The summed E-state index contributed by atoms with van der Waals surface area (Å²) in [6.45, 7) is 10.6. The van der Waals surface area contributed by atoms with Crippen molar-refractivity contribution in [3.05, 3.63) is 0 Å². The van der Waals surface area contributed by atoms with E-state index in [-0.39, 0.29) is 0 Å². The molecule has 0 amide bonds. The van der Waals surface area contributed by atoms with Crippen LogP contribution in [0, 0.1) is 11.8 Å². The van der Waals surface area contributed by atoms with Gasteiger partial charge in [-0.3, -0.25) is 4.90 Å². The van der Waals surface area contributed by atoms with E-state index in [1.807, 2.05) is 0 Å². The van der Waals surface area contributed by atoms with Crippen molar-refractivity contribution in [3.63, 3.8) is 0 Å². The smallest absolute Gasteiger partial charge is 0.0593 e. The highest BCUT2D eigenvalue weighted by Gasteiger charge is 2.36. The predicted molar refractivity (Wildman–Crippen MR) is 86.6 cm³/mol. The molecule has 1 heterocycles. The lowest BCUT2D eigenvalue weighted by atomic mass is 9.98. The molecule has 2 aliphatic rings. The number of rotatable bonds is 10. The number of hydrogen-bond acceptors (Lipinski definition) is 4. The molecule has 1 N–H and O–H groups in total. The third kappa shape index (κ3) is 6.23. The first-order chi connectivity index (χ1) is 10.2. The van der Waals surface area contributed by atoms with E-state index in [4.69, 9.17) is 9.47 Å². The van der Waals surface area contributed by atoms with Crippen molar-refractivity contribution in [1.29, 1.82) is 0 Å². The molecular formula is C17H34N2O2. The van der Waals surface area contributed by atoms with Crippen LogP contribution in [0.25, 0.3) is 0 Å². The average molecular weight is 298 g/mol. The first-order valence-electron chi connectivity index (χ1n) is 8.74. The molecule has 2 unspecified atom stereocenters. The largest absolute Gasteiger partial charge is 0.385 e. The van der Waals surface area contributed by atoms with E-state index >= 15 is 0 Å². The van der Waals surface area contributed by atoms with Crippen molar-refractivity contribution < 1.29 is 9.47 Å². The van der Waals surface area contributed by atoms with E-state index in [1.165, 1.54) is 25.8 Å². The van der Waals surface area contributed by atoms with Gasteiger partial charge in [0, 0.05) is 52.0 Å². The Balaban J connectivity index is 1.70. The Morgan fingerprint density at radius 1 is 1.19 bits per heavy atom. The zero-order valence-electron chi connectivity index (χ0n) is 14.1. The summed E-state index contributed by atoms with van der Waals surface area (Å²) >= 11 is 0. The van der Waals surface area contributed by atoms with E-state index in [2.05, 4.69) is 24.1 Å². The second-order valence-corrected chi connectivity index (χ2v) is 7.09. The Hall–Kier alpha value is -0.160. The lowest BCUT2D eigenvalue weighted by Crippen LogP contribution is -2.58. The summed E-state index contributed by atoms with van der Waals surface area (Å²) in [4.78, 5) is 2.68. The lowest BCUT2D eigenvalue weighted by Gasteiger charge is -2.41. The van der Waals surface area contributed by atoms with Gasteiger partial charge in [-0.1, -0.05) is 13.8 Å². The van der Waals surface area contributed by atoms with E-state index in [9.17, 15) is 0 Å². The van der Waals surface area contributed by atoms with Crippen molar-refractivity contribution >= 4 is 0 Å². The maximum absolute atomic E-state index is 5.76. The second kappa shape index (κ2) is 9.09. The van der Waals surface area contributed by atoms with Gasteiger partial charge in [0.25, 0.3) is 0 Å². The highest BCUT2D eigenvalue weighted by molar-refractivity contribution is 4.94. The Labute approximate surface area is 130 Å². The van der Waals surface area contributed by atoms with Crippen LogP contribution in [0.4, 0.5) is 0 Å². The zero-order valence-corrected chi connectivity index (χ0v) is 14.1. The standard InChI is InChI=1S/C17H34N2O2/c1-14(2)11-16-12-18-17(15-5-6-15)13-19(16)7-10-21-9-4-8-20-3/h14-18H,4-13H2,1-3H3. The van der Waals surface area contributed by atoms with Crippen LogP contribution in [-0.2, 0) is 9.47 Å². The highest BCUT2D eigenvalue weighted by atomic mass is 16.5. The molecule has 124 valence electrons. The maximum atomic E-state index is 5.76. The Morgan fingerprint density at radius 2 is 2.00 bits per heavy atom. The summed E-state index contributed by atoms with van der Waals surface area (Å²) < 4.78 is 10.8. The third-order valence-electron chi connectivity index (χ3n) is 4.66. The van der Waals surface area contributed by atoms with Crippen LogP contribution in [0.5, 0.6) is 0 Å². The summed E-state index contributed by atoms with van der Waals surface area (Å²) in [5.41, 5.74) is 0. The average Bonchev–Trinajstić information content (AvgIpc) is 3.28. The van der Waals surface area contributed by atoms with Crippen LogP contribution in [0.1, 0.15) is 39.5 Å². The molecule has 1 saturated heterocycles. The molecule has 0 radical (unpaired) electrons. The molecule has 4 heteroatoms. The molecule has 2 fully saturated rings. The molecule has 4 nitrogen and oxygen atoms in total. The zero-order chi connectivity index (χ0) is 15.1. The molecule has 0 aromatic heterocycles. The topological polar surface area (TPSA) is 33.7 Å². The van der Waals surface area contributed by atoms with Crippen molar-refractivity contribution in [3.8, 4) is 0 Å². The first-order valence-corrected chi connectivity index (χ1v) is 8.74. The van der Waals surface area contributed by atoms with Gasteiger partial charge >= 0.3 is 0 Å². The van der Waals surface area contributed by atoms with Gasteiger partial charge in [0.1, 0.15) is 0 Å². The van der Waals surface area contributed by atoms with E-state index in [0.717, 1.165) is 57.2 Å². The predicted octanol–water partition coefficient (Wildman–Crippen LogP) is 2.14. The number of methoxy groups -OCH3 is 1. The van der Waals surface area contributed by atoms with Crippen molar-refractivity contribution in [2.45, 2.75) is 51.6 Å². The molecule has 2 rings (SSSR count). The number of nitrogens with zero attached hydrogens (tertiary/aromatic N) is 1. The minimum atomic E-state index is 0.683. The molecule has 1 saturated carbocycles. The van der Waals surface area contributed by atoms with Gasteiger partial charge in [-0.2, -0.15) is 0 Å². The van der Waals surface area contributed by atoms with Crippen LogP contribution in [0.3, 0.4) is 0 Å². The molecule has 1 aliphatic carbocycles. The fourth-order valence-electron chi connectivity index (χ4n) is 3.34. The van der Waals surface area contributed by atoms with Crippen LogP contribution in [-0.4, -0.2) is 63.5 Å². The number of hydrogen-bond donors (Lipinski definition) is 1. The molecule has 1 aliphatic heterocycles. The van der Waals surface area contributed by atoms with Gasteiger partial charge in [-0.25, -0.2) is 0 Å². The normalized spacial score (nSPS) is 27.4. The van der Waals surface area contributed by atoms with Crippen LogP contribution >= 0.6 is 0 Å². The van der Waals surface area contributed by atoms with Crippen molar-refractivity contribution in [2.24, 2.45) is 11.8 Å². The lowest BCUT2D eigenvalue weighted by molar-refractivity contribution is 0.0485. The third-order valence-corrected chi connectivity index (χ3v) is 4.66. The molecular weight excluding hydrogens is 264 g/mol. The van der Waals surface area contributed by atoms with Gasteiger partial charge in [-0.05, 0) is 37.5 Å². The van der Waals surface area contributed by atoms with Gasteiger partial charge < -0.3 is 14.8 Å². The summed E-state index contributed by atoms with van der Waals surface area (Å²) in [5, 5.41) is 3.79. The molecule has 0 bridgehead atoms. The van der Waals surface area contributed by atoms with Crippen LogP contribution in [0.15, 0.2) is 0 Å². The minimum absolute atomic E-state index is 0.683. The molecule has 0 spiro atoms. The van der Waals surface area contributed by atoms with Crippen molar-refractivity contribution in [1.82, 2.24) is 10.2 Å². The van der Waals surface area contributed by atoms with E-state index in [1.54, 1.807) is 7.11 Å². The minimum Gasteiger partial charge on any atom is -0.385 e. The summed E-state index contributed by atoms with van der Waals surface area (Å²) in [7, 11) is 1.75. The number of piperazine rings is 1. The van der Waals surface area contributed by atoms with Gasteiger partial charge in [0.05, 0.1) is 6.61 Å². The maximum Gasteiger partial charge on any atom is 0.0593 e. The van der Waals surface area contributed by atoms with Gasteiger partial charge in [0.15, 0.2) is 0 Å². The SMILES string of the molecule is COCCCOCCN1CC(C2CC2)NCC1CC(C)C. The summed E-state index contributed by atoms with van der Waals surface area (Å²) in [6.07, 6.45) is 5.13. The second-order valence-electron chi connectivity index (χ2n) is 7.09. The molecule has 0 aromatic carbocycles. The Morgan fingerprint density at radius 3 is 2.67 bits per heavy atom. The quantitative estimate of drug-likeness (QED) is 0.627. The number of ether oxygens (including phenoxy) is 2. The van der Waals surface area contributed by atoms with E-state index < -0.39 is 0 Å². The Kier molecular flexibility index (Phi) is 7.44. The first kappa shape index (κ1) is 17.2. The molecule has 2 atom stereocenters. The summed E-state index contributed by atoms with van der Waals surface area (Å²) in [5.74, 6) is 1.70. The molecule has 0 aromatic rings. The number of nitrogens with one attached hydrogen (secondary N) is 1. The van der Waals surface area contributed by atoms with Crippen molar-refractivity contribution in [2.75, 3.05) is 46.6 Å². The monoisotopic (exact) mass is 298 g/mol. The van der Waals surface area contributed by atoms with Crippen LogP contribution < -0.4 is 5.32 Å². The summed E-state index contributed by atoms with van der Waals surface area (Å²) in [6, 6.07) is 1.41. The van der Waals surface area contributed by atoms with Gasteiger partial charge in [0.2, 0.25) is 0 Å². The van der Waals surface area contributed by atoms with E-state index in [0.29, 0.717) is 6.04 Å². The Bertz CT molecular complexity index is 282.